The molecule has 0 radical (unpaired) electrons. The number of hydrogen-bond acceptors (Lipinski definition) is 2. The average Bonchev–Trinajstić information content (AvgIpc) is 2.42. The lowest BCUT2D eigenvalue weighted by Gasteiger charge is -2.30. The van der Waals surface area contributed by atoms with Crippen molar-refractivity contribution < 1.29 is 0 Å². The van der Waals surface area contributed by atoms with Crippen LogP contribution >= 0.6 is 0 Å². The minimum atomic E-state index is 0.145. The Hall–Kier alpha value is -1.61. The van der Waals surface area contributed by atoms with E-state index in [1.54, 1.807) is 0 Å². The third-order valence-corrected chi connectivity index (χ3v) is 4.06. The zero-order valence-corrected chi connectivity index (χ0v) is 11.4. The number of rotatable bonds is 2. The molecule has 1 aliphatic rings. The number of fused-ring (bicyclic) bond motifs is 1. The van der Waals surface area contributed by atoms with Gasteiger partial charge in [0.1, 0.15) is 0 Å². The van der Waals surface area contributed by atoms with Crippen LogP contribution < -0.4 is 5.56 Å². The minimum Gasteiger partial charge on any atom is -0.315 e. The van der Waals surface area contributed by atoms with Gasteiger partial charge in [0.05, 0.1) is 0 Å². The highest BCUT2D eigenvalue weighted by atomic mass is 16.1. The first-order valence-corrected chi connectivity index (χ1v) is 7.01. The fourth-order valence-electron chi connectivity index (χ4n) is 3.07. The summed E-state index contributed by atoms with van der Waals surface area (Å²) in [6.45, 7) is 3.12. The van der Waals surface area contributed by atoms with E-state index in [1.807, 2.05) is 41.1 Å². The Balaban J connectivity index is 1.89. The summed E-state index contributed by atoms with van der Waals surface area (Å²) in [5, 5.41) is 1.86. The monoisotopic (exact) mass is 256 g/mol. The summed E-state index contributed by atoms with van der Waals surface area (Å²) in [6.07, 6.45) is 4.41. The van der Waals surface area contributed by atoms with E-state index in [9.17, 15) is 4.79 Å². The molecule has 0 saturated carbocycles. The fourth-order valence-corrected chi connectivity index (χ4v) is 3.07. The Morgan fingerprint density at radius 3 is 2.95 bits per heavy atom. The number of likely N-dealkylation sites (tertiary alicyclic amines) is 1. The van der Waals surface area contributed by atoms with Gasteiger partial charge >= 0.3 is 0 Å². The summed E-state index contributed by atoms with van der Waals surface area (Å²) in [4.78, 5) is 14.8. The van der Waals surface area contributed by atoms with Crippen molar-refractivity contribution >= 4 is 10.8 Å². The molecule has 3 heteroatoms. The second-order valence-electron chi connectivity index (χ2n) is 5.63. The smallest absolute Gasteiger partial charge is 0.258 e. The Morgan fingerprint density at radius 1 is 1.26 bits per heavy atom. The van der Waals surface area contributed by atoms with E-state index in [1.165, 1.54) is 19.4 Å². The summed E-state index contributed by atoms with van der Waals surface area (Å²) >= 11 is 0. The van der Waals surface area contributed by atoms with Crippen LogP contribution in [0.1, 0.15) is 12.8 Å². The van der Waals surface area contributed by atoms with Gasteiger partial charge in [0.2, 0.25) is 0 Å². The van der Waals surface area contributed by atoms with E-state index in [2.05, 4.69) is 11.9 Å². The normalized spacial score (nSPS) is 20.8. The predicted octanol–water partition coefficient (Wildman–Crippen LogP) is 2.34. The molecule has 3 rings (SSSR count). The zero-order valence-electron chi connectivity index (χ0n) is 11.4. The van der Waals surface area contributed by atoms with E-state index in [0.29, 0.717) is 5.92 Å². The van der Waals surface area contributed by atoms with Gasteiger partial charge in [-0.15, -0.1) is 0 Å². The molecule has 1 saturated heterocycles. The molecule has 1 fully saturated rings. The molecule has 1 atom stereocenters. The molecule has 0 amide bonds. The molecule has 2 aromatic rings. The van der Waals surface area contributed by atoms with Crippen LogP contribution in [0.25, 0.3) is 10.8 Å². The number of piperidine rings is 1. The van der Waals surface area contributed by atoms with Gasteiger partial charge in [-0.2, -0.15) is 0 Å². The lowest BCUT2D eigenvalue weighted by atomic mass is 9.98. The predicted molar refractivity (Wildman–Crippen MR) is 78.4 cm³/mol. The summed E-state index contributed by atoms with van der Waals surface area (Å²) in [5.74, 6) is 0.595. The highest BCUT2D eigenvalue weighted by molar-refractivity contribution is 5.81. The molecular weight excluding hydrogens is 236 g/mol. The van der Waals surface area contributed by atoms with Crippen molar-refractivity contribution in [1.29, 1.82) is 0 Å². The lowest BCUT2D eigenvalue weighted by molar-refractivity contribution is 0.193. The average molecular weight is 256 g/mol. The maximum absolute atomic E-state index is 12.4. The first-order chi connectivity index (χ1) is 9.24. The Morgan fingerprint density at radius 2 is 2.11 bits per heavy atom. The minimum absolute atomic E-state index is 0.145. The molecule has 1 aromatic heterocycles. The number of pyridine rings is 1. The maximum atomic E-state index is 12.4. The van der Waals surface area contributed by atoms with Gasteiger partial charge < -0.3 is 9.47 Å². The lowest BCUT2D eigenvalue weighted by Crippen LogP contribution is -2.36. The van der Waals surface area contributed by atoms with Crippen molar-refractivity contribution in [3.8, 4) is 0 Å². The maximum Gasteiger partial charge on any atom is 0.258 e. The summed E-state index contributed by atoms with van der Waals surface area (Å²) in [5.41, 5.74) is 0.145. The molecular formula is C16H20N2O. The van der Waals surface area contributed by atoms with Crippen LogP contribution in [0, 0.1) is 5.92 Å². The van der Waals surface area contributed by atoms with Crippen molar-refractivity contribution in [1.82, 2.24) is 9.47 Å². The second kappa shape index (κ2) is 5.17. The highest BCUT2D eigenvalue weighted by Crippen LogP contribution is 2.17. The molecule has 0 aliphatic carbocycles. The van der Waals surface area contributed by atoms with E-state index >= 15 is 0 Å². The Kier molecular flexibility index (Phi) is 3.38. The van der Waals surface area contributed by atoms with Gasteiger partial charge in [0.15, 0.2) is 0 Å². The van der Waals surface area contributed by atoms with Crippen LogP contribution in [0.3, 0.4) is 0 Å². The second-order valence-corrected chi connectivity index (χ2v) is 5.63. The third-order valence-electron chi connectivity index (χ3n) is 4.06. The summed E-state index contributed by atoms with van der Waals surface area (Å²) in [6, 6.07) is 9.87. The first-order valence-electron chi connectivity index (χ1n) is 7.01. The molecule has 0 unspecified atom stereocenters. The molecule has 2 heterocycles. The van der Waals surface area contributed by atoms with Crippen molar-refractivity contribution in [3.05, 3.63) is 46.9 Å². The largest absolute Gasteiger partial charge is 0.315 e. The van der Waals surface area contributed by atoms with Gasteiger partial charge in [0.25, 0.3) is 5.56 Å². The van der Waals surface area contributed by atoms with Gasteiger partial charge in [0, 0.05) is 24.7 Å². The van der Waals surface area contributed by atoms with Gasteiger partial charge in [-0.1, -0.05) is 18.2 Å². The molecule has 3 nitrogen and oxygen atoms in total. The van der Waals surface area contributed by atoms with Crippen LogP contribution in [-0.4, -0.2) is 29.6 Å². The van der Waals surface area contributed by atoms with Crippen LogP contribution in [0.2, 0.25) is 0 Å². The Bertz CT molecular complexity index is 632. The molecule has 0 N–H and O–H groups in total. The van der Waals surface area contributed by atoms with E-state index in [0.717, 1.165) is 23.9 Å². The fraction of sp³-hybridized carbons (Fsp3) is 0.438. The van der Waals surface area contributed by atoms with Gasteiger partial charge in [-0.05, 0) is 49.9 Å². The standard InChI is InChI=1S/C16H20N2O/c1-17-9-4-5-13(11-17)12-18-10-8-14-6-2-3-7-15(14)16(18)19/h2-3,6-8,10,13H,4-5,9,11-12H2,1H3/t13-/m1/s1. The SMILES string of the molecule is CN1CCC[C@@H](Cn2ccc3ccccc3c2=O)C1. The molecule has 0 spiro atoms. The molecule has 0 bridgehead atoms. The van der Waals surface area contributed by atoms with E-state index in [-0.39, 0.29) is 5.56 Å². The highest BCUT2D eigenvalue weighted by Gasteiger charge is 2.18. The van der Waals surface area contributed by atoms with Gasteiger partial charge in [-0.3, -0.25) is 4.79 Å². The van der Waals surface area contributed by atoms with Crippen LogP contribution in [-0.2, 0) is 6.54 Å². The zero-order chi connectivity index (χ0) is 13.2. The van der Waals surface area contributed by atoms with E-state index in [4.69, 9.17) is 0 Å². The van der Waals surface area contributed by atoms with Crippen LogP contribution in [0.4, 0.5) is 0 Å². The van der Waals surface area contributed by atoms with Crippen LogP contribution in [0.5, 0.6) is 0 Å². The van der Waals surface area contributed by atoms with Gasteiger partial charge in [-0.25, -0.2) is 0 Å². The third kappa shape index (κ3) is 2.56. The summed E-state index contributed by atoms with van der Waals surface area (Å²) < 4.78 is 1.88. The molecule has 100 valence electrons. The number of nitrogens with zero attached hydrogens (tertiary/aromatic N) is 2. The first kappa shape index (κ1) is 12.4. The van der Waals surface area contributed by atoms with Crippen molar-refractivity contribution in [2.45, 2.75) is 19.4 Å². The number of benzene rings is 1. The summed E-state index contributed by atoms with van der Waals surface area (Å²) in [7, 11) is 2.16. The Labute approximate surface area is 113 Å². The van der Waals surface area contributed by atoms with Crippen LogP contribution in [0.15, 0.2) is 41.3 Å². The van der Waals surface area contributed by atoms with Crippen molar-refractivity contribution in [2.75, 3.05) is 20.1 Å². The molecule has 19 heavy (non-hydrogen) atoms. The van der Waals surface area contributed by atoms with E-state index < -0.39 is 0 Å². The quantitative estimate of drug-likeness (QED) is 0.824. The molecule has 1 aliphatic heterocycles. The topological polar surface area (TPSA) is 25.2 Å². The number of aromatic nitrogens is 1. The number of hydrogen-bond donors (Lipinski definition) is 0. The molecule has 1 aromatic carbocycles. The van der Waals surface area contributed by atoms with Crippen molar-refractivity contribution in [2.24, 2.45) is 5.92 Å². The van der Waals surface area contributed by atoms with Crippen molar-refractivity contribution in [3.63, 3.8) is 0 Å².